The number of alkyl carbamates (subject to hydrolysis) is 1. The molecule has 1 unspecified atom stereocenters. The number of hydrogen-bond donors (Lipinski definition) is 1. The van der Waals surface area contributed by atoms with E-state index in [2.05, 4.69) is 5.32 Å². The monoisotopic (exact) mass is 347 g/mol. The van der Waals surface area contributed by atoms with Gasteiger partial charge in [0.05, 0.1) is 19.6 Å². The highest BCUT2D eigenvalue weighted by atomic mass is 16.6. The maximum absolute atomic E-state index is 12.2. The molecule has 1 amide bonds. The normalized spacial score (nSPS) is 25.9. The lowest BCUT2D eigenvalue weighted by molar-refractivity contribution is -0.957. The smallest absolute Gasteiger partial charge is 0.408 e. The van der Waals surface area contributed by atoms with Gasteiger partial charge in [-0.2, -0.15) is 0 Å². The van der Waals surface area contributed by atoms with Crippen LogP contribution in [0.3, 0.4) is 0 Å². The Kier molecular flexibility index (Phi) is 5.58. The van der Waals surface area contributed by atoms with Crippen molar-refractivity contribution >= 4 is 12.1 Å². The number of amides is 1. The minimum absolute atomic E-state index is 0.176. The van der Waals surface area contributed by atoms with Crippen LogP contribution in [0.5, 0.6) is 0 Å². The summed E-state index contributed by atoms with van der Waals surface area (Å²) in [7, 11) is 0. The van der Waals surface area contributed by atoms with Crippen LogP contribution in [0.4, 0.5) is 4.79 Å². The standard InChI is InChI=1S/C19H26N2O4/c1-15(20-19(23)24-13-17-5-3-2-4-6-17)18(22)25-14-21-10-7-16(8-11-21)9-12-21/h2-6,15-16H,7-14H2,1H3/p+1. The Morgan fingerprint density at radius 1 is 1.12 bits per heavy atom. The van der Waals surface area contributed by atoms with Crippen molar-refractivity contribution in [2.75, 3.05) is 26.4 Å². The van der Waals surface area contributed by atoms with Crippen LogP contribution in [-0.2, 0) is 20.9 Å². The number of ether oxygens (including phenoxy) is 2. The molecule has 3 saturated heterocycles. The van der Waals surface area contributed by atoms with Crippen LogP contribution in [0.2, 0.25) is 0 Å². The molecule has 1 N–H and O–H groups in total. The molecule has 3 fully saturated rings. The van der Waals surface area contributed by atoms with Crippen LogP contribution >= 0.6 is 0 Å². The van der Waals surface area contributed by atoms with Crippen LogP contribution < -0.4 is 5.32 Å². The molecular weight excluding hydrogens is 320 g/mol. The number of rotatable bonds is 6. The molecule has 1 aromatic rings. The van der Waals surface area contributed by atoms with Gasteiger partial charge in [-0.05, 0) is 37.7 Å². The molecule has 0 radical (unpaired) electrons. The van der Waals surface area contributed by atoms with Crippen molar-refractivity contribution < 1.29 is 23.5 Å². The number of fused-ring (bicyclic) bond motifs is 3. The van der Waals surface area contributed by atoms with Crippen LogP contribution in [0.15, 0.2) is 30.3 Å². The van der Waals surface area contributed by atoms with E-state index in [1.165, 1.54) is 19.3 Å². The highest BCUT2D eigenvalue weighted by Crippen LogP contribution is 2.33. The first-order valence-electron chi connectivity index (χ1n) is 9.05. The van der Waals surface area contributed by atoms with Crippen molar-refractivity contribution in [1.29, 1.82) is 0 Å². The fourth-order valence-corrected chi connectivity index (χ4v) is 3.66. The third kappa shape index (κ3) is 4.72. The van der Waals surface area contributed by atoms with Crippen molar-refractivity contribution in [2.24, 2.45) is 5.92 Å². The van der Waals surface area contributed by atoms with Crippen LogP contribution in [-0.4, -0.2) is 49.0 Å². The minimum atomic E-state index is -0.719. The van der Waals surface area contributed by atoms with Gasteiger partial charge in [0, 0.05) is 0 Å². The molecule has 3 aliphatic heterocycles. The first-order valence-corrected chi connectivity index (χ1v) is 9.05. The molecule has 0 aliphatic carbocycles. The second-order valence-corrected chi connectivity index (χ2v) is 7.26. The number of hydrogen-bond acceptors (Lipinski definition) is 4. The lowest BCUT2D eigenvalue weighted by Gasteiger charge is -2.48. The molecule has 4 rings (SSSR count). The van der Waals surface area contributed by atoms with Gasteiger partial charge in [0.1, 0.15) is 12.6 Å². The van der Waals surface area contributed by atoms with Gasteiger partial charge < -0.3 is 14.8 Å². The second kappa shape index (κ2) is 7.87. The number of esters is 1. The highest BCUT2D eigenvalue weighted by molar-refractivity contribution is 5.80. The summed E-state index contributed by atoms with van der Waals surface area (Å²) in [6.07, 6.45) is 3.09. The molecule has 3 aliphatic rings. The van der Waals surface area contributed by atoms with E-state index in [1.54, 1.807) is 6.92 Å². The highest BCUT2D eigenvalue weighted by Gasteiger charge is 2.40. The number of benzene rings is 1. The summed E-state index contributed by atoms with van der Waals surface area (Å²) in [6.45, 7) is 5.50. The molecule has 0 spiro atoms. The summed E-state index contributed by atoms with van der Waals surface area (Å²) in [5.74, 6) is 0.465. The number of carbonyl (C=O) groups is 2. The number of nitrogens with zero attached hydrogens (tertiary/aromatic N) is 1. The summed E-state index contributed by atoms with van der Waals surface area (Å²) in [4.78, 5) is 24.0. The van der Waals surface area contributed by atoms with Crippen molar-refractivity contribution in [3.63, 3.8) is 0 Å². The van der Waals surface area contributed by atoms with E-state index in [4.69, 9.17) is 9.47 Å². The summed E-state index contributed by atoms with van der Waals surface area (Å²) in [5, 5.41) is 2.54. The predicted octanol–water partition coefficient (Wildman–Crippen LogP) is 2.43. The lowest BCUT2D eigenvalue weighted by atomic mass is 9.86. The molecule has 0 aromatic heterocycles. The molecule has 6 nitrogen and oxygen atoms in total. The van der Waals surface area contributed by atoms with Crippen LogP contribution in [0.1, 0.15) is 31.7 Å². The Balaban J connectivity index is 1.39. The van der Waals surface area contributed by atoms with Crippen molar-refractivity contribution in [2.45, 2.75) is 38.8 Å². The van der Waals surface area contributed by atoms with Crippen molar-refractivity contribution in [3.05, 3.63) is 35.9 Å². The van der Waals surface area contributed by atoms with Crippen LogP contribution in [0, 0.1) is 5.92 Å². The average Bonchev–Trinajstić information content (AvgIpc) is 2.67. The van der Waals surface area contributed by atoms with E-state index in [9.17, 15) is 9.59 Å². The molecule has 136 valence electrons. The third-order valence-corrected chi connectivity index (χ3v) is 5.42. The predicted molar refractivity (Wildman–Crippen MR) is 92.4 cm³/mol. The van der Waals surface area contributed by atoms with Gasteiger partial charge in [-0.15, -0.1) is 0 Å². The Hall–Kier alpha value is -2.08. The SMILES string of the molecule is CC(NC(=O)OCc1ccccc1)C(=O)OC[N+]12CCC(CC1)CC2. The zero-order valence-electron chi connectivity index (χ0n) is 14.8. The van der Waals surface area contributed by atoms with Gasteiger partial charge in [0.25, 0.3) is 0 Å². The van der Waals surface area contributed by atoms with Gasteiger partial charge in [-0.25, -0.2) is 9.59 Å². The van der Waals surface area contributed by atoms with Gasteiger partial charge >= 0.3 is 12.1 Å². The van der Waals surface area contributed by atoms with Gasteiger partial charge in [0.15, 0.2) is 0 Å². The number of piperidine rings is 3. The quantitative estimate of drug-likeness (QED) is 0.634. The van der Waals surface area contributed by atoms with Crippen molar-refractivity contribution in [1.82, 2.24) is 5.32 Å². The second-order valence-electron chi connectivity index (χ2n) is 7.26. The first-order chi connectivity index (χ1) is 12.1. The molecule has 1 atom stereocenters. The average molecular weight is 347 g/mol. The third-order valence-electron chi connectivity index (χ3n) is 5.42. The van der Waals surface area contributed by atoms with E-state index in [-0.39, 0.29) is 6.61 Å². The minimum Gasteiger partial charge on any atom is -0.445 e. The van der Waals surface area contributed by atoms with E-state index >= 15 is 0 Å². The number of quaternary nitrogens is 1. The number of nitrogens with one attached hydrogen (secondary N) is 1. The Labute approximate surface area is 148 Å². The molecular formula is C19H27N2O4+. The summed E-state index contributed by atoms with van der Waals surface area (Å²) < 4.78 is 11.5. The summed E-state index contributed by atoms with van der Waals surface area (Å²) in [6, 6.07) is 8.70. The van der Waals surface area contributed by atoms with E-state index in [1.807, 2.05) is 30.3 Å². The molecule has 0 saturated carbocycles. The molecule has 25 heavy (non-hydrogen) atoms. The summed E-state index contributed by atoms with van der Waals surface area (Å²) in [5.41, 5.74) is 0.900. The van der Waals surface area contributed by atoms with E-state index < -0.39 is 18.1 Å². The molecule has 3 heterocycles. The largest absolute Gasteiger partial charge is 0.445 e. The van der Waals surface area contributed by atoms with E-state index in [0.29, 0.717) is 6.73 Å². The fraction of sp³-hybridized carbons (Fsp3) is 0.579. The molecule has 6 heteroatoms. The Bertz CT molecular complexity index is 583. The fourth-order valence-electron chi connectivity index (χ4n) is 3.66. The molecule has 2 bridgehead atoms. The first kappa shape index (κ1) is 17.7. The maximum Gasteiger partial charge on any atom is 0.408 e. The van der Waals surface area contributed by atoms with Crippen LogP contribution in [0.25, 0.3) is 0 Å². The Morgan fingerprint density at radius 3 is 2.40 bits per heavy atom. The van der Waals surface area contributed by atoms with Gasteiger partial charge in [0.2, 0.25) is 6.73 Å². The van der Waals surface area contributed by atoms with E-state index in [0.717, 1.165) is 35.6 Å². The topological polar surface area (TPSA) is 64.6 Å². The van der Waals surface area contributed by atoms with Crippen molar-refractivity contribution in [3.8, 4) is 0 Å². The van der Waals surface area contributed by atoms with Gasteiger partial charge in [-0.1, -0.05) is 30.3 Å². The zero-order valence-corrected chi connectivity index (χ0v) is 14.8. The molecule has 1 aromatic carbocycles. The number of carbonyl (C=O) groups excluding carboxylic acids is 2. The summed E-state index contributed by atoms with van der Waals surface area (Å²) >= 11 is 0. The van der Waals surface area contributed by atoms with Gasteiger partial charge in [-0.3, -0.25) is 4.48 Å². The maximum atomic E-state index is 12.2. The Morgan fingerprint density at radius 2 is 1.76 bits per heavy atom. The zero-order chi connectivity index (χ0) is 17.7. The lowest BCUT2D eigenvalue weighted by Crippen LogP contribution is -2.59.